The number of likely N-dealkylation sites (N-methyl/N-ethyl adjacent to an activating group) is 1. The van der Waals surface area contributed by atoms with Gasteiger partial charge in [0.1, 0.15) is 40.5 Å². The van der Waals surface area contributed by atoms with Crippen LogP contribution in [0.1, 0.15) is 52.5 Å². The monoisotopic (exact) mass is 563 g/mol. The molecule has 194 valence electrons. The minimum Gasteiger partial charge on any atom is -0.496 e. The summed E-state index contributed by atoms with van der Waals surface area (Å²) >= 11 is 3.21. The maximum Gasteiger partial charge on any atom is 0.347 e. The van der Waals surface area contributed by atoms with Gasteiger partial charge in [-0.1, -0.05) is 12.1 Å². The highest BCUT2D eigenvalue weighted by atomic mass is 79.9. The van der Waals surface area contributed by atoms with Gasteiger partial charge in [0.15, 0.2) is 11.5 Å². The van der Waals surface area contributed by atoms with Crippen LogP contribution in [0.4, 0.5) is 0 Å². The number of carbonyl (C=O) groups excluding carboxylic acids is 3. The summed E-state index contributed by atoms with van der Waals surface area (Å²) in [5, 5.41) is 0. The molecule has 2 aromatic carbocycles. The zero-order valence-corrected chi connectivity index (χ0v) is 22.5. The van der Waals surface area contributed by atoms with E-state index in [1.165, 1.54) is 28.1 Å². The van der Waals surface area contributed by atoms with E-state index in [1.807, 2.05) is 7.05 Å². The third-order valence-corrected chi connectivity index (χ3v) is 6.43. The molecule has 36 heavy (non-hydrogen) atoms. The summed E-state index contributed by atoms with van der Waals surface area (Å²) in [5.74, 6) is -0.684. The Kier molecular flexibility index (Phi) is 9.33. The van der Waals surface area contributed by atoms with E-state index in [2.05, 4.69) is 20.8 Å². The minimum absolute atomic E-state index is 0.0606. The molecule has 3 rings (SSSR count). The second-order valence-electron chi connectivity index (χ2n) is 8.34. The van der Waals surface area contributed by atoms with Gasteiger partial charge in [-0.15, -0.1) is 0 Å². The fourth-order valence-electron chi connectivity index (χ4n) is 4.51. The predicted molar refractivity (Wildman–Crippen MR) is 136 cm³/mol. The van der Waals surface area contributed by atoms with Gasteiger partial charge in [0.2, 0.25) is 0 Å². The van der Waals surface area contributed by atoms with Crippen molar-refractivity contribution in [3.8, 4) is 23.0 Å². The van der Waals surface area contributed by atoms with Crippen molar-refractivity contribution >= 4 is 33.7 Å². The Hall–Kier alpha value is -3.11. The summed E-state index contributed by atoms with van der Waals surface area (Å²) in [6, 6.07) is 8.06. The van der Waals surface area contributed by atoms with Crippen LogP contribution in [0.2, 0.25) is 0 Å². The van der Waals surface area contributed by atoms with Crippen LogP contribution in [0, 0.1) is 0 Å². The molecule has 1 aliphatic rings. The van der Waals surface area contributed by atoms with Crippen molar-refractivity contribution in [1.29, 1.82) is 0 Å². The number of hydrogen-bond acceptors (Lipinski definition) is 9. The third kappa shape index (κ3) is 5.82. The number of methoxy groups -OCH3 is 2. The molecule has 0 aliphatic carbocycles. The minimum atomic E-state index is -0.700. The number of alkyl halides is 1. The van der Waals surface area contributed by atoms with E-state index in [4.69, 9.17) is 23.7 Å². The second kappa shape index (κ2) is 12.2. The Morgan fingerprint density at radius 2 is 1.75 bits per heavy atom. The molecule has 0 spiro atoms. The number of likely N-dealkylation sites (tertiary alicyclic amines) is 1. The second-order valence-corrected chi connectivity index (χ2v) is 8.80. The highest BCUT2D eigenvalue weighted by Gasteiger charge is 2.40. The highest BCUT2D eigenvalue weighted by Crippen LogP contribution is 2.48. The number of esters is 2. The summed E-state index contributed by atoms with van der Waals surface area (Å²) < 4.78 is 28.0. The summed E-state index contributed by atoms with van der Waals surface area (Å²) in [5.41, 5.74) is 1.04. The van der Waals surface area contributed by atoms with Gasteiger partial charge in [-0.25, -0.2) is 4.79 Å². The number of para-hydroxylation sites is 1. The highest BCUT2D eigenvalue weighted by molar-refractivity contribution is 9.09. The van der Waals surface area contributed by atoms with Crippen LogP contribution < -0.4 is 18.9 Å². The van der Waals surface area contributed by atoms with Crippen LogP contribution in [-0.4, -0.2) is 68.6 Å². The maximum atomic E-state index is 13.4. The fraction of sp³-hybridized carbons (Fsp3) is 0.423. The Bertz CT molecular complexity index is 1140. The van der Waals surface area contributed by atoms with Crippen molar-refractivity contribution in [3.63, 3.8) is 0 Å². The first-order chi connectivity index (χ1) is 17.2. The number of ketones is 1. The molecule has 10 heteroatoms. The Balaban J connectivity index is 2.19. The molecule has 1 fully saturated rings. The topological polar surface area (TPSA) is 101 Å². The molecule has 2 aromatic rings. The molecule has 1 heterocycles. The number of ether oxygens (including phenoxy) is 5. The number of carbonyl (C=O) groups is 3. The first-order valence-electron chi connectivity index (χ1n) is 11.4. The van der Waals surface area contributed by atoms with Crippen LogP contribution in [0.15, 0.2) is 30.3 Å². The maximum absolute atomic E-state index is 13.4. The average Bonchev–Trinajstić information content (AvgIpc) is 3.21. The van der Waals surface area contributed by atoms with E-state index in [-0.39, 0.29) is 52.5 Å². The summed E-state index contributed by atoms with van der Waals surface area (Å²) in [7, 11) is 4.85. The smallest absolute Gasteiger partial charge is 0.347 e. The van der Waals surface area contributed by atoms with E-state index in [0.29, 0.717) is 30.0 Å². The van der Waals surface area contributed by atoms with E-state index >= 15 is 0 Å². The van der Waals surface area contributed by atoms with Gasteiger partial charge in [0.25, 0.3) is 0 Å². The molecule has 1 saturated heterocycles. The molecule has 2 unspecified atom stereocenters. The predicted octanol–water partition coefficient (Wildman–Crippen LogP) is 4.21. The largest absolute Gasteiger partial charge is 0.496 e. The number of nitrogens with zero attached hydrogens (tertiary/aromatic N) is 1. The summed E-state index contributed by atoms with van der Waals surface area (Å²) in [6.07, 6.45) is 0.663. The average molecular weight is 564 g/mol. The Labute approximate surface area is 218 Å². The third-order valence-electron chi connectivity index (χ3n) is 6.20. The van der Waals surface area contributed by atoms with Gasteiger partial charge in [0, 0.05) is 24.5 Å². The van der Waals surface area contributed by atoms with Gasteiger partial charge < -0.3 is 23.7 Å². The molecule has 0 amide bonds. The van der Waals surface area contributed by atoms with Crippen molar-refractivity contribution in [1.82, 2.24) is 4.90 Å². The molecule has 0 bridgehead atoms. The SMILES string of the molecule is COc1cc(OC)c(C2CCN(C)C2COC(C)=O)c(OC(=O)c2ccccc2OCBr)c1C(C)=O. The van der Waals surface area contributed by atoms with E-state index in [0.717, 1.165) is 0 Å². The number of rotatable bonds is 10. The number of Topliss-reactive ketones (excluding diaryl/α,β-unsaturated/α-hetero) is 1. The number of benzene rings is 2. The quantitative estimate of drug-likeness (QED) is 0.182. The molecule has 0 aromatic heterocycles. The molecule has 1 aliphatic heterocycles. The standard InChI is InChI=1S/C26H30BrNO8/c1-15(29)23-21(32-4)12-22(33-5)24(17-10-11-28(3)19(17)13-34-16(2)30)25(23)36-26(31)18-8-6-7-9-20(18)35-14-27/h6-9,12,17,19H,10-11,13-14H2,1-5H3. The van der Waals surface area contributed by atoms with Crippen molar-refractivity contribution in [2.45, 2.75) is 32.2 Å². The summed E-state index contributed by atoms with van der Waals surface area (Å²) in [6.45, 7) is 3.57. The van der Waals surface area contributed by atoms with Gasteiger partial charge in [-0.05, 0) is 55.0 Å². The molecule has 0 N–H and O–H groups in total. The zero-order chi connectivity index (χ0) is 26.4. The molecule has 2 atom stereocenters. The lowest BCUT2D eigenvalue weighted by molar-refractivity contribution is -0.142. The normalized spacial score (nSPS) is 17.4. The van der Waals surface area contributed by atoms with Crippen molar-refractivity contribution in [2.24, 2.45) is 0 Å². The first-order valence-corrected chi connectivity index (χ1v) is 12.5. The lowest BCUT2D eigenvalue weighted by Gasteiger charge is -2.28. The fourth-order valence-corrected chi connectivity index (χ4v) is 4.75. The lowest BCUT2D eigenvalue weighted by atomic mass is 9.87. The Morgan fingerprint density at radius 1 is 1.06 bits per heavy atom. The molecule has 0 saturated carbocycles. The Morgan fingerprint density at radius 3 is 2.36 bits per heavy atom. The molecule has 9 nitrogen and oxygen atoms in total. The van der Waals surface area contributed by atoms with Crippen molar-refractivity contribution < 1.29 is 38.1 Å². The molecule has 0 radical (unpaired) electrons. The number of halogens is 1. The van der Waals surface area contributed by atoms with E-state index in [9.17, 15) is 14.4 Å². The van der Waals surface area contributed by atoms with E-state index < -0.39 is 11.9 Å². The van der Waals surface area contributed by atoms with Crippen LogP contribution in [0.5, 0.6) is 23.0 Å². The van der Waals surface area contributed by atoms with E-state index in [1.54, 1.807) is 30.3 Å². The van der Waals surface area contributed by atoms with Gasteiger partial charge >= 0.3 is 11.9 Å². The van der Waals surface area contributed by atoms with Crippen LogP contribution in [0.25, 0.3) is 0 Å². The zero-order valence-electron chi connectivity index (χ0n) is 21.0. The lowest BCUT2D eigenvalue weighted by Crippen LogP contribution is -2.34. The van der Waals surface area contributed by atoms with Crippen LogP contribution in [-0.2, 0) is 9.53 Å². The first kappa shape index (κ1) is 27.5. The van der Waals surface area contributed by atoms with Crippen LogP contribution >= 0.6 is 15.9 Å². The van der Waals surface area contributed by atoms with Crippen LogP contribution in [0.3, 0.4) is 0 Å². The summed E-state index contributed by atoms with van der Waals surface area (Å²) in [4.78, 5) is 39.9. The van der Waals surface area contributed by atoms with Gasteiger partial charge in [0.05, 0.1) is 20.3 Å². The molecular weight excluding hydrogens is 534 g/mol. The van der Waals surface area contributed by atoms with Gasteiger partial charge in [-0.3, -0.25) is 14.5 Å². The van der Waals surface area contributed by atoms with Gasteiger partial charge in [-0.2, -0.15) is 0 Å². The molecular formula is C26H30BrNO8. The number of hydrogen-bond donors (Lipinski definition) is 0. The van der Waals surface area contributed by atoms with Crippen molar-refractivity contribution in [2.75, 3.05) is 39.9 Å². The van der Waals surface area contributed by atoms with Crippen molar-refractivity contribution in [3.05, 3.63) is 47.0 Å².